The highest BCUT2D eigenvalue weighted by Gasteiger charge is 1.74. The van der Waals surface area contributed by atoms with Crippen LogP contribution in [0.15, 0.2) is 36.6 Å². The Morgan fingerprint density at radius 2 is 1.82 bits per heavy atom. The van der Waals surface area contributed by atoms with Crippen LogP contribution in [-0.2, 0) is 5.11 Å². The normalized spacial score (nSPS) is 12.5. The monoisotopic (exact) mass is 151 g/mol. The Morgan fingerprint density at radius 1 is 1.09 bits per heavy atom. The van der Waals surface area contributed by atoms with Gasteiger partial charge in [0, 0.05) is 0 Å². The standard InChI is InChI=1S/C10H15O/c1-2-3-4-5-6-7-8-9-10-11/h5-10H,2-4H2,1H3. The Morgan fingerprint density at radius 3 is 2.45 bits per heavy atom. The highest BCUT2D eigenvalue weighted by atomic mass is 16.2. The molecule has 0 bridgehead atoms. The number of allylic oxidation sites excluding steroid dienone is 5. The summed E-state index contributed by atoms with van der Waals surface area (Å²) in [6.07, 6.45) is 13.5. The van der Waals surface area contributed by atoms with Crippen molar-refractivity contribution >= 4 is 0 Å². The highest BCUT2D eigenvalue weighted by Crippen LogP contribution is 1.94. The van der Waals surface area contributed by atoms with Crippen LogP contribution in [0.2, 0.25) is 0 Å². The Kier molecular flexibility index (Phi) is 8.22. The molecule has 0 aromatic carbocycles. The van der Waals surface area contributed by atoms with E-state index in [1.807, 2.05) is 12.2 Å². The van der Waals surface area contributed by atoms with E-state index < -0.39 is 0 Å². The molecule has 0 aromatic rings. The van der Waals surface area contributed by atoms with Crippen molar-refractivity contribution in [2.75, 3.05) is 0 Å². The number of rotatable bonds is 5. The first-order valence-electron chi connectivity index (χ1n) is 4.02. The lowest BCUT2D eigenvalue weighted by atomic mass is 10.2. The molecule has 0 atom stereocenters. The molecule has 0 spiro atoms. The van der Waals surface area contributed by atoms with Crippen LogP contribution < -0.4 is 0 Å². The van der Waals surface area contributed by atoms with Crippen LogP contribution in [-0.4, -0.2) is 0 Å². The van der Waals surface area contributed by atoms with Gasteiger partial charge in [0.25, 0.3) is 0 Å². The molecular weight excluding hydrogens is 136 g/mol. The molecule has 0 saturated heterocycles. The molecule has 0 aromatic heterocycles. The Hall–Kier alpha value is -0.980. The van der Waals surface area contributed by atoms with E-state index in [0.717, 1.165) is 12.7 Å². The van der Waals surface area contributed by atoms with Crippen molar-refractivity contribution in [3.05, 3.63) is 36.6 Å². The number of hydrogen-bond donors (Lipinski definition) is 0. The zero-order valence-corrected chi connectivity index (χ0v) is 6.99. The quantitative estimate of drug-likeness (QED) is 0.326. The predicted octanol–water partition coefficient (Wildman–Crippen LogP) is 3.23. The second kappa shape index (κ2) is 9.02. The van der Waals surface area contributed by atoms with E-state index in [9.17, 15) is 5.11 Å². The fraction of sp³-hybridized carbons (Fsp3) is 0.400. The van der Waals surface area contributed by atoms with Gasteiger partial charge in [-0.3, -0.25) is 5.11 Å². The second-order valence-corrected chi connectivity index (χ2v) is 2.28. The van der Waals surface area contributed by atoms with Gasteiger partial charge in [0.2, 0.25) is 0 Å². The molecule has 0 aliphatic heterocycles. The molecule has 0 heterocycles. The van der Waals surface area contributed by atoms with Gasteiger partial charge in [-0.1, -0.05) is 44.1 Å². The largest absolute Gasteiger partial charge is 0.299 e. The molecule has 1 nitrogen and oxygen atoms in total. The summed E-state index contributed by atoms with van der Waals surface area (Å²) in [5, 5.41) is 9.81. The third kappa shape index (κ3) is 9.02. The molecule has 0 fully saturated rings. The maximum Gasteiger partial charge on any atom is 0.142 e. The summed E-state index contributed by atoms with van der Waals surface area (Å²) >= 11 is 0. The minimum atomic E-state index is 0.774. The van der Waals surface area contributed by atoms with Gasteiger partial charge < -0.3 is 0 Å². The first-order valence-corrected chi connectivity index (χ1v) is 4.02. The van der Waals surface area contributed by atoms with Crippen LogP contribution in [0, 0.1) is 0 Å². The van der Waals surface area contributed by atoms with Gasteiger partial charge in [-0.25, -0.2) is 0 Å². The fourth-order valence-electron chi connectivity index (χ4n) is 0.670. The number of hydrogen-bond acceptors (Lipinski definition) is 0. The average Bonchev–Trinajstić information content (AvgIpc) is 2.03. The van der Waals surface area contributed by atoms with Gasteiger partial charge in [-0.15, -0.1) is 0 Å². The predicted molar refractivity (Wildman–Crippen MR) is 47.6 cm³/mol. The van der Waals surface area contributed by atoms with Crippen molar-refractivity contribution in [1.29, 1.82) is 0 Å². The van der Waals surface area contributed by atoms with E-state index in [-0.39, 0.29) is 0 Å². The molecule has 0 saturated carbocycles. The van der Waals surface area contributed by atoms with E-state index in [0.29, 0.717) is 0 Å². The first-order chi connectivity index (χ1) is 5.41. The number of unbranched alkanes of at least 4 members (excludes halogenated alkanes) is 2. The minimum Gasteiger partial charge on any atom is -0.299 e. The lowest BCUT2D eigenvalue weighted by Gasteiger charge is -1.84. The third-order valence-electron chi connectivity index (χ3n) is 1.27. The molecular formula is C10H15O. The second-order valence-electron chi connectivity index (χ2n) is 2.28. The van der Waals surface area contributed by atoms with E-state index in [1.165, 1.54) is 18.9 Å². The van der Waals surface area contributed by atoms with Crippen LogP contribution >= 0.6 is 0 Å². The molecule has 1 radical (unpaired) electrons. The lowest BCUT2D eigenvalue weighted by Crippen LogP contribution is -1.64. The van der Waals surface area contributed by atoms with Crippen molar-refractivity contribution < 1.29 is 5.11 Å². The van der Waals surface area contributed by atoms with Crippen molar-refractivity contribution in [2.45, 2.75) is 26.2 Å². The Labute approximate surface area is 68.7 Å². The average molecular weight is 151 g/mol. The summed E-state index contributed by atoms with van der Waals surface area (Å²) in [5.74, 6) is 0. The summed E-state index contributed by atoms with van der Waals surface area (Å²) in [6, 6.07) is 0. The molecule has 0 rings (SSSR count). The molecule has 0 N–H and O–H groups in total. The topological polar surface area (TPSA) is 19.9 Å². The van der Waals surface area contributed by atoms with Gasteiger partial charge in [-0.05, 0) is 12.5 Å². The van der Waals surface area contributed by atoms with E-state index in [4.69, 9.17) is 0 Å². The maximum atomic E-state index is 9.81. The maximum absolute atomic E-state index is 9.81. The van der Waals surface area contributed by atoms with Gasteiger partial charge in [0.1, 0.15) is 6.26 Å². The SMILES string of the molecule is CCCCC=CC=CC=C[O]. The van der Waals surface area contributed by atoms with Gasteiger partial charge in [-0.2, -0.15) is 0 Å². The molecule has 0 aliphatic rings. The lowest BCUT2D eigenvalue weighted by molar-refractivity contribution is 0.352. The summed E-state index contributed by atoms with van der Waals surface area (Å²) in [7, 11) is 0. The van der Waals surface area contributed by atoms with Crippen molar-refractivity contribution in [3.63, 3.8) is 0 Å². The fourth-order valence-corrected chi connectivity index (χ4v) is 0.670. The summed E-state index contributed by atoms with van der Waals surface area (Å²) in [4.78, 5) is 0. The molecule has 61 valence electrons. The van der Waals surface area contributed by atoms with Crippen molar-refractivity contribution in [3.8, 4) is 0 Å². The Balaban J connectivity index is 3.28. The molecule has 1 heteroatoms. The zero-order chi connectivity index (χ0) is 8.36. The van der Waals surface area contributed by atoms with Crippen molar-refractivity contribution in [1.82, 2.24) is 0 Å². The van der Waals surface area contributed by atoms with Gasteiger partial charge in [0.05, 0.1) is 0 Å². The van der Waals surface area contributed by atoms with Crippen LogP contribution in [0.3, 0.4) is 0 Å². The Bertz CT molecular complexity index is 143. The van der Waals surface area contributed by atoms with Crippen LogP contribution in [0.1, 0.15) is 26.2 Å². The smallest absolute Gasteiger partial charge is 0.142 e. The van der Waals surface area contributed by atoms with E-state index in [2.05, 4.69) is 13.0 Å². The highest BCUT2D eigenvalue weighted by molar-refractivity contribution is 5.09. The minimum absolute atomic E-state index is 0.774. The third-order valence-corrected chi connectivity index (χ3v) is 1.27. The molecule has 11 heavy (non-hydrogen) atoms. The summed E-state index contributed by atoms with van der Waals surface area (Å²) in [5.41, 5.74) is 0. The van der Waals surface area contributed by atoms with Crippen molar-refractivity contribution in [2.24, 2.45) is 0 Å². The molecule has 0 aliphatic carbocycles. The molecule has 0 unspecified atom stereocenters. The molecule has 0 amide bonds. The summed E-state index contributed by atoms with van der Waals surface area (Å²) in [6.45, 7) is 2.17. The first kappa shape index (κ1) is 10.0. The van der Waals surface area contributed by atoms with Crippen LogP contribution in [0.25, 0.3) is 0 Å². The summed E-state index contributed by atoms with van der Waals surface area (Å²) < 4.78 is 0. The zero-order valence-electron chi connectivity index (χ0n) is 6.99. The van der Waals surface area contributed by atoms with E-state index >= 15 is 0 Å². The van der Waals surface area contributed by atoms with Gasteiger partial charge in [0.15, 0.2) is 0 Å². The van der Waals surface area contributed by atoms with Crippen LogP contribution in [0.5, 0.6) is 0 Å². The van der Waals surface area contributed by atoms with Crippen LogP contribution in [0.4, 0.5) is 0 Å². The van der Waals surface area contributed by atoms with Gasteiger partial charge >= 0.3 is 0 Å². The van der Waals surface area contributed by atoms with E-state index in [1.54, 1.807) is 6.08 Å².